The molecule has 120 valence electrons. The first-order chi connectivity index (χ1) is 10.7. The number of benzene rings is 1. The summed E-state index contributed by atoms with van der Waals surface area (Å²) in [6, 6.07) is 9.79. The number of ether oxygens (including phenoxy) is 2. The van der Waals surface area contributed by atoms with Crippen molar-refractivity contribution in [2.45, 2.75) is 51.4 Å². The average molecular weight is 303 g/mol. The highest BCUT2D eigenvalue weighted by atomic mass is 16.6. The number of nitrogens with zero attached hydrogens (tertiary/aromatic N) is 1. The minimum Gasteiger partial charge on any atom is -0.445 e. The number of rotatable bonds is 4. The van der Waals surface area contributed by atoms with Crippen LogP contribution in [0.25, 0.3) is 0 Å². The maximum atomic E-state index is 12.1. The van der Waals surface area contributed by atoms with E-state index in [1.54, 1.807) is 4.90 Å². The fraction of sp³-hybridized carbons (Fsp3) is 0.611. The maximum Gasteiger partial charge on any atom is 0.410 e. The van der Waals surface area contributed by atoms with Gasteiger partial charge in [0.05, 0.1) is 12.2 Å². The summed E-state index contributed by atoms with van der Waals surface area (Å²) in [5.41, 5.74) is 1.02. The number of carbonyl (C=O) groups excluding carboxylic acids is 1. The van der Waals surface area contributed by atoms with E-state index in [4.69, 9.17) is 9.47 Å². The molecular formula is C18H25NO3. The van der Waals surface area contributed by atoms with Crippen molar-refractivity contribution in [3.63, 3.8) is 0 Å². The molecule has 0 N–H and O–H groups in total. The molecule has 1 heterocycles. The smallest absolute Gasteiger partial charge is 0.410 e. The molecule has 22 heavy (non-hydrogen) atoms. The Morgan fingerprint density at radius 3 is 2.45 bits per heavy atom. The molecule has 4 nitrogen and oxygen atoms in total. The third-order valence-electron chi connectivity index (χ3n) is 4.62. The summed E-state index contributed by atoms with van der Waals surface area (Å²) >= 11 is 0. The van der Waals surface area contributed by atoms with Crippen LogP contribution in [0.2, 0.25) is 0 Å². The highest BCUT2D eigenvalue weighted by molar-refractivity contribution is 5.67. The Hall–Kier alpha value is -1.55. The van der Waals surface area contributed by atoms with Gasteiger partial charge in [0, 0.05) is 13.1 Å². The van der Waals surface area contributed by atoms with Gasteiger partial charge >= 0.3 is 6.09 Å². The van der Waals surface area contributed by atoms with Crippen molar-refractivity contribution >= 4 is 6.09 Å². The standard InChI is InChI=1S/C18H25NO3/c1-14-11-17(12-14)22-16-7-9-19(10-8-16)18(20)21-13-15-5-3-2-4-6-15/h2-6,14,16-17H,7-13H2,1H3. The molecule has 0 spiro atoms. The highest BCUT2D eigenvalue weighted by Crippen LogP contribution is 2.31. The molecule has 1 aliphatic carbocycles. The normalized spacial score (nSPS) is 25.6. The van der Waals surface area contributed by atoms with Crippen molar-refractivity contribution < 1.29 is 14.3 Å². The first-order valence-corrected chi connectivity index (χ1v) is 8.32. The van der Waals surface area contributed by atoms with Crippen LogP contribution in [0.4, 0.5) is 4.79 Å². The van der Waals surface area contributed by atoms with Gasteiger partial charge in [-0.05, 0) is 37.2 Å². The van der Waals surface area contributed by atoms with E-state index in [2.05, 4.69) is 6.92 Å². The number of carbonyl (C=O) groups is 1. The van der Waals surface area contributed by atoms with Crippen LogP contribution in [0.1, 0.15) is 38.2 Å². The molecule has 0 unspecified atom stereocenters. The summed E-state index contributed by atoms with van der Waals surface area (Å²) in [5, 5.41) is 0. The monoisotopic (exact) mass is 303 g/mol. The topological polar surface area (TPSA) is 38.8 Å². The second kappa shape index (κ2) is 7.14. The van der Waals surface area contributed by atoms with Gasteiger partial charge in [-0.15, -0.1) is 0 Å². The van der Waals surface area contributed by atoms with Crippen LogP contribution in [0.15, 0.2) is 30.3 Å². The SMILES string of the molecule is CC1CC(OC2CCN(C(=O)OCc3ccccc3)CC2)C1. The van der Waals surface area contributed by atoms with E-state index in [0.717, 1.165) is 37.4 Å². The zero-order chi connectivity index (χ0) is 15.4. The molecule has 0 bridgehead atoms. The Bertz CT molecular complexity index is 476. The van der Waals surface area contributed by atoms with Crippen LogP contribution >= 0.6 is 0 Å². The van der Waals surface area contributed by atoms with Gasteiger partial charge in [-0.3, -0.25) is 0 Å². The van der Waals surface area contributed by atoms with Crippen LogP contribution in [-0.2, 0) is 16.1 Å². The quantitative estimate of drug-likeness (QED) is 0.853. The lowest BCUT2D eigenvalue weighted by Crippen LogP contribution is -2.43. The van der Waals surface area contributed by atoms with E-state index >= 15 is 0 Å². The van der Waals surface area contributed by atoms with Gasteiger partial charge in [0.2, 0.25) is 0 Å². The molecule has 1 amide bonds. The van der Waals surface area contributed by atoms with E-state index < -0.39 is 0 Å². The largest absolute Gasteiger partial charge is 0.445 e. The molecule has 0 aromatic heterocycles. The van der Waals surface area contributed by atoms with Crippen LogP contribution in [0.3, 0.4) is 0 Å². The van der Waals surface area contributed by atoms with Crippen molar-refractivity contribution in [2.75, 3.05) is 13.1 Å². The van der Waals surface area contributed by atoms with Gasteiger partial charge in [-0.25, -0.2) is 4.79 Å². The number of piperidine rings is 1. The Labute approximate surface area is 132 Å². The molecule has 1 aromatic rings. The van der Waals surface area contributed by atoms with Gasteiger partial charge in [0.15, 0.2) is 0 Å². The first-order valence-electron chi connectivity index (χ1n) is 8.32. The summed E-state index contributed by atoms with van der Waals surface area (Å²) in [6.07, 6.45) is 4.79. The van der Waals surface area contributed by atoms with Gasteiger partial charge in [-0.2, -0.15) is 0 Å². The van der Waals surface area contributed by atoms with Crippen molar-refractivity contribution in [2.24, 2.45) is 5.92 Å². The van der Waals surface area contributed by atoms with E-state index in [9.17, 15) is 4.79 Å². The van der Waals surface area contributed by atoms with E-state index in [1.165, 1.54) is 12.8 Å². The molecule has 1 aromatic carbocycles. The molecule has 0 radical (unpaired) electrons. The van der Waals surface area contributed by atoms with E-state index in [1.807, 2.05) is 30.3 Å². The van der Waals surface area contributed by atoms with Crippen LogP contribution in [-0.4, -0.2) is 36.3 Å². The fourth-order valence-electron chi connectivity index (χ4n) is 3.20. The first kappa shape index (κ1) is 15.3. The Kier molecular flexibility index (Phi) is 4.98. The highest BCUT2D eigenvalue weighted by Gasteiger charge is 2.31. The molecule has 0 atom stereocenters. The number of hydrogen-bond donors (Lipinski definition) is 0. The lowest BCUT2D eigenvalue weighted by Gasteiger charge is -2.38. The molecule has 1 saturated carbocycles. The molecule has 3 rings (SSSR count). The minimum absolute atomic E-state index is 0.209. The summed E-state index contributed by atoms with van der Waals surface area (Å²) in [6.45, 7) is 4.09. The predicted molar refractivity (Wildman–Crippen MR) is 84.5 cm³/mol. The number of hydrogen-bond acceptors (Lipinski definition) is 3. The maximum absolute atomic E-state index is 12.1. The summed E-state index contributed by atoms with van der Waals surface area (Å²) in [5.74, 6) is 0.818. The summed E-state index contributed by atoms with van der Waals surface area (Å²) < 4.78 is 11.5. The molecule has 4 heteroatoms. The number of likely N-dealkylation sites (tertiary alicyclic amines) is 1. The summed E-state index contributed by atoms with van der Waals surface area (Å²) in [4.78, 5) is 13.9. The Balaban J connectivity index is 1.36. The Morgan fingerprint density at radius 1 is 1.14 bits per heavy atom. The van der Waals surface area contributed by atoms with Crippen molar-refractivity contribution in [3.8, 4) is 0 Å². The number of amides is 1. The molecule has 1 saturated heterocycles. The third-order valence-corrected chi connectivity index (χ3v) is 4.62. The van der Waals surface area contributed by atoms with Crippen LogP contribution in [0, 0.1) is 5.92 Å². The zero-order valence-corrected chi connectivity index (χ0v) is 13.2. The van der Waals surface area contributed by atoms with Gasteiger partial charge < -0.3 is 14.4 Å². The lowest BCUT2D eigenvalue weighted by molar-refractivity contribution is -0.0891. The molecule has 1 aliphatic heterocycles. The van der Waals surface area contributed by atoms with Gasteiger partial charge in [0.25, 0.3) is 0 Å². The molecular weight excluding hydrogens is 278 g/mol. The fourth-order valence-corrected chi connectivity index (χ4v) is 3.20. The van der Waals surface area contributed by atoms with E-state index in [0.29, 0.717) is 18.8 Å². The molecule has 2 fully saturated rings. The van der Waals surface area contributed by atoms with Crippen LogP contribution in [0.5, 0.6) is 0 Å². The second-order valence-corrected chi connectivity index (χ2v) is 6.56. The van der Waals surface area contributed by atoms with Crippen molar-refractivity contribution in [3.05, 3.63) is 35.9 Å². The minimum atomic E-state index is -0.209. The van der Waals surface area contributed by atoms with Gasteiger partial charge in [0.1, 0.15) is 6.61 Å². The third kappa shape index (κ3) is 4.01. The second-order valence-electron chi connectivity index (χ2n) is 6.56. The Morgan fingerprint density at radius 2 is 1.82 bits per heavy atom. The van der Waals surface area contributed by atoms with Crippen LogP contribution < -0.4 is 0 Å². The average Bonchev–Trinajstić information content (AvgIpc) is 2.53. The van der Waals surface area contributed by atoms with E-state index in [-0.39, 0.29) is 6.09 Å². The van der Waals surface area contributed by atoms with Gasteiger partial charge in [-0.1, -0.05) is 37.3 Å². The van der Waals surface area contributed by atoms with Crippen molar-refractivity contribution in [1.82, 2.24) is 4.90 Å². The predicted octanol–water partition coefficient (Wildman–Crippen LogP) is 3.60. The lowest BCUT2D eigenvalue weighted by atomic mass is 9.84. The van der Waals surface area contributed by atoms with Crippen molar-refractivity contribution in [1.29, 1.82) is 0 Å². The summed E-state index contributed by atoms with van der Waals surface area (Å²) in [7, 11) is 0. The zero-order valence-electron chi connectivity index (χ0n) is 13.2. The molecule has 2 aliphatic rings.